The molecule has 2 fully saturated rings. The molecule has 0 bridgehead atoms. The Morgan fingerprint density at radius 2 is 1.89 bits per heavy atom. The maximum absolute atomic E-state index is 6.20. The highest BCUT2D eigenvalue weighted by Crippen LogP contribution is 2.41. The minimum Gasteiger partial charge on any atom is -0.401 e. The van der Waals surface area contributed by atoms with Crippen LogP contribution < -0.4 is 10.6 Å². The second kappa shape index (κ2) is 10.0. The summed E-state index contributed by atoms with van der Waals surface area (Å²) in [4.78, 5) is 2.52. The van der Waals surface area contributed by atoms with E-state index in [1.807, 2.05) is 11.9 Å². The minimum absolute atomic E-state index is 0.0445. The topological polar surface area (TPSA) is 41.7 Å². The molecule has 0 aliphatic carbocycles. The normalized spacial score (nSPS) is 20.3. The molecule has 1 aromatic rings. The molecule has 4 nitrogen and oxygen atoms in total. The first-order valence-corrected chi connectivity index (χ1v) is 11.6. The van der Waals surface area contributed by atoms with Crippen LogP contribution in [0.4, 0.5) is 5.69 Å². The molecule has 0 aromatic heterocycles. The van der Waals surface area contributed by atoms with Crippen molar-refractivity contribution in [2.24, 2.45) is 5.73 Å². The Balaban J connectivity index is 1.55. The van der Waals surface area contributed by atoms with Crippen molar-refractivity contribution in [3.8, 4) is 0 Å². The van der Waals surface area contributed by atoms with Crippen LogP contribution in [0, 0.1) is 6.92 Å². The average Bonchev–Trinajstić information content (AvgIpc) is 2.70. The molecule has 0 unspecified atom stereocenters. The van der Waals surface area contributed by atoms with E-state index in [0.717, 1.165) is 57.9 Å². The second-order valence-electron chi connectivity index (χ2n) is 8.21. The quantitative estimate of drug-likeness (QED) is 0.510. The van der Waals surface area contributed by atoms with Crippen LogP contribution in [0.25, 0.3) is 0 Å². The fraction of sp³-hybridized carbons (Fsp3) is 0.652. The molecular formula is C23H37N3OS. The van der Waals surface area contributed by atoms with Gasteiger partial charge in [0.25, 0.3) is 0 Å². The van der Waals surface area contributed by atoms with Crippen LogP contribution in [-0.2, 0) is 11.2 Å². The van der Waals surface area contributed by atoms with E-state index >= 15 is 0 Å². The van der Waals surface area contributed by atoms with Crippen LogP contribution in [0.15, 0.2) is 30.5 Å². The first kappa shape index (κ1) is 21.5. The summed E-state index contributed by atoms with van der Waals surface area (Å²) in [7, 11) is 0. The van der Waals surface area contributed by atoms with Gasteiger partial charge < -0.3 is 15.4 Å². The number of hydrogen-bond donors (Lipinski definition) is 1. The third kappa shape index (κ3) is 5.25. The lowest BCUT2D eigenvalue weighted by Gasteiger charge is -2.43. The van der Waals surface area contributed by atoms with Crippen LogP contribution in [-0.4, -0.2) is 48.4 Å². The third-order valence-electron chi connectivity index (χ3n) is 6.17. The van der Waals surface area contributed by atoms with Crippen molar-refractivity contribution in [2.45, 2.75) is 57.1 Å². The average molecular weight is 404 g/mol. The lowest BCUT2D eigenvalue weighted by molar-refractivity contribution is 0.0838. The van der Waals surface area contributed by atoms with Gasteiger partial charge in [-0.1, -0.05) is 44.4 Å². The summed E-state index contributed by atoms with van der Waals surface area (Å²) in [5.74, 6) is 0. The highest BCUT2D eigenvalue weighted by Gasteiger charge is 2.38. The first-order chi connectivity index (χ1) is 13.5. The molecule has 0 amide bonds. The van der Waals surface area contributed by atoms with Gasteiger partial charge in [-0.25, -0.2) is 4.31 Å². The summed E-state index contributed by atoms with van der Waals surface area (Å²) in [5, 5.41) is 0. The molecule has 5 heteroatoms. The summed E-state index contributed by atoms with van der Waals surface area (Å²) in [6, 6.07) is 7.04. The predicted octanol–water partition coefficient (Wildman–Crippen LogP) is 4.52. The number of anilines is 1. The van der Waals surface area contributed by atoms with E-state index in [1.54, 1.807) is 0 Å². The first-order valence-electron chi connectivity index (χ1n) is 10.9. The van der Waals surface area contributed by atoms with Crippen molar-refractivity contribution in [1.82, 2.24) is 4.31 Å². The molecule has 1 aromatic carbocycles. The van der Waals surface area contributed by atoms with Gasteiger partial charge in [-0.15, -0.1) is 0 Å². The standard InChI is InChI=1S/C23H37N3OS/c1-4-5-6-7-21-8-9-22(18-19(21)2)25-12-14-26(15-13-25)28-23(20(3)24)10-16-27-17-11-23/h8-9,18H,3-7,10-17,24H2,1-2H3. The molecule has 2 aliphatic heterocycles. The van der Waals surface area contributed by atoms with Gasteiger partial charge >= 0.3 is 0 Å². The van der Waals surface area contributed by atoms with Crippen molar-refractivity contribution in [2.75, 3.05) is 44.3 Å². The Morgan fingerprint density at radius 3 is 2.50 bits per heavy atom. The molecule has 2 saturated heterocycles. The number of benzene rings is 1. The molecule has 0 spiro atoms. The number of piperazine rings is 1. The van der Waals surface area contributed by atoms with Crippen molar-refractivity contribution in [1.29, 1.82) is 0 Å². The number of hydrogen-bond acceptors (Lipinski definition) is 5. The zero-order valence-corrected chi connectivity index (χ0v) is 18.5. The fourth-order valence-corrected chi connectivity index (χ4v) is 5.49. The van der Waals surface area contributed by atoms with E-state index < -0.39 is 0 Å². The molecule has 0 atom stereocenters. The Bertz CT molecular complexity index is 649. The molecule has 156 valence electrons. The summed E-state index contributed by atoms with van der Waals surface area (Å²) < 4.78 is 8.00. The maximum atomic E-state index is 6.20. The number of unbranched alkanes of at least 4 members (excludes halogenated alkanes) is 2. The van der Waals surface area contributed by atoms with Crippen LogP contribution in [0.3, 0.4) is 0 Å². The van der Waals surface area contributed by atoms with Gasteiger partial charge in [-0.2, -0.15) is 0 Å². The summed E-state index contributed by atoms with van der Waals surface area (Å²) >= 11 is 1.91. The van der Waals surface area contributed by atoms with Crippen LogP contribution >= 0.6 is 11.9 Å². The van der Waals surface area contributed by atoms with Gasteiger partial charge in [0.15, 0.2) is 0 Å². The Labute approximate surface area is 175 Å². The van der Waals surface area contributed by atoms with Crippen molar-refractivity contribution in [3.05, 3.63) is 41.6 Å². The highest BCUT2D eigenvalue weighted by atomic mass is 32.2. The number of rotatable bonds is 8. The van der Waals surface area contributed by atoms with Crippen LogP contribution in [0.1, 0.15) is 50.2 Å². The summed E-state index contributed by atoms with van der Waals surface area (Å²) in [6.07, 6.45) is 7.04. The van der Waals surface area contributed by atoms with Crippen molar-refractivity contribution < 1.29 is 4.74 Å². The number of nitrogens with two attached hydrogens (primary N) is 1. The Hall–Kier alpha value is -1.17. The van der Waals surface area contributed by atoms with E-state index in [9.17, 15) is 0 Å². The van der Waals surface area contributed by atoms with E-state index in [1.165, 1.54) is 42.5 Å². The fourth-order valence-electron chi connectivity index (χ4n) is 4.18. The highest BCUT2D eigenvalue weighted by molar-refractivity contribution is 7.98. The van der Waals surface area contributed by atoms with Crippen molar-refractivity contribution in [3.63, 3.8) is 0 Å². The molecule has 2 aliphatic rings. The predicted molar refractivity (Wildman–Crippen MR) is 122 cm³/mol. The molecule has 3 rings (SSSR count). The zero-order valence-electron chi connectivity index (χ0n) is 17.7. The van der Waals surface area contributed by atoms with E-state index in [0.29, 0.717) is 0 Å². The number of aryl methyl sites for hydroxylation is 2. The SMILES string of the molecule is C=C(N)C1(SN2CCN(c3ccc(CCCCC)c(C)c3)CC2)CCOCC1. The number of ether oxygens (including phenoxy) is 1. The molecular weight excluding hydrogens is 366 g/mol. The second-order valence-corrected chi connectivity index (χ2v) is 9.69. The molecule has 28 heavy (non-hydrogen) atoms. The maximum Gasteiger partial charge on any atom is 0.0737 e. The summed E-state index contributed by atoms with van der Waals surface area (Å²) in [5.41, 5.74) is 11.3. The Morgan fingerprint density at radius 1 is 1.18 bits per heavy atom. The molecule has 0 radical (unpaired) electrons. The van der Waals surface area contributed by atoms with Gasteiger partial charge in [0.1, 0.15) is 0 Å². The lowest BCUT2D eigenvalue weighted by Crippen LogP contribution is -2.48. The van der Waals surface area contributed by atoms with Gasteiger partial charge in [0.05, 0.1) is 4.75 Å². The Kier molecular flexibility index (Phi) is 7.72. The van der Waals surface area contributed by atoms with Gasteiger partial charge in [0.2, 0.25) is 0 Å². The minimum atomic E-state index is -0.0445. The summed E-state index contributed by atoms with van der Waals surface area (Å²) in [6.45, 7) is 14.4. The van der Waals surface area contributed by atoms with Gasteiger partial charge in [0, 0.05) is 50.8 Å². The lowest BCUT2D eigenvalue weighted by atomic mass is 9.96. The van der Waals surface area contributed by atoms with E-state index in [4.69, 9.17) is 10.5 Å². The van der Waals surface area contributed by atoms with E-state index in [2.05, 4.69) is 47.8 Å². The molecule has 2 heterocycles. The monoisotopic (exact) mass is 403 g/mol. The van der Waals surface area contributed by atoms with E-state index in [-0.39, 0.29) is 4.75 Å². The smallest absolute Gasteiger partial charge is 0.0737 e. The zero-order chi connectivity index (χ0) is 20.0. The number of nitrogens with zero attached hydrogens (tertiary/aromatic N) is 2. The van der Waals surface area contributed by atoms with Gasteiger partial charge in [-0.3, -0.25) is 0 Å². The van der Waals surface area contributed by atoms with Crippen LogP contribution in [0.2, 0.25) is 0 Å². The largest absolute Gasteiger partial charge is 0.401 e. The van der Waals surface area contributed by atoms with Gasteiger partial charge in [-0.05, 0) is 55.9 Å². The van der Waals surface area contributed by atoms with Crippen LogP contribution in [0.5, 0.6) is 0 Å². The molecule has 0 saturated carbocycles. The third-order valence-corrected chi connectivity index (χ3v) is 7.81. The van der Waals surface area contributed by atoms with Crippen molar-refractivity contribution >= 4 is 17.6 Å². The molecule has 2 N–H and O–H groups in total.